The number of ether oxygens (including phenoxy) is 3. The number of hydrogen-bond donors (Lipinski definition) is 4. The van der Waals surface area contributed by atoms with Gasteiger partial charge in [-0.05, 0) is 50.1 Å². The van der Waals surface area contributed by atoms with Gasteiger partial charge in [0.2, 0.25) is 5.60 Å². The molecule has 13 heteroatoms. The van der Waals surface area contributed by atoms with E-state index in [9.17, 15) is 28.2 Å². The van der Waals surface area contributed by atoms with E-state index in [1.807, 2.05) is 0 Å². The summed E-state index contributed by atoms with van der Waals surface area (Å²) >= 11 is 6.12. The molecule has 222 valence electrons. The average molecular weight is 598 g/mol. The van der Waals surface area contributed by atoms with Crippen LogP contribution in [-0.2, 0) is 11.1 Å². The summed E-state index contributed by atoms with van der Waals surface area (Å²) in [6.07, 6.45) is -0.561. The van der Waals surface area contributed by atoms with E-state index in [4.69, 9.17) is 31.5 Å². The molecule has 0 saturated carbocycles. The van der Waals surface area contributed by atoms with Crippen LogP contribution in [0, 0.1) is 0 Å². The minimum Gasteiger partial charge on any atom is -0.493 e. The second-order valence-electron chi connectivity index (χ2n) is 10.3. The number of alkyl halides is 4. The third-order valence-electron chi connectivity index (χ3n) is 6.73. The first-order valence-electron chi connectivity index (χ1n) is 12.7. The molecule has 0 spiro atoms. The number of carbonyl (C=O) groups is 1. The van der Waals surface area contributed by atoms with Crippen LogP contribution in [0.25, 0.3) is 5.57 Å². The molecule has 4 atom stereocenters. The molecule has 0 radical (unpaired) electrons. The van der Waals surface area contributed by atoms with E-state index in [-0.39, 0.29) is 52.7 Å². The second-order valence-corrected chi connectivity index (χ2v) is 10.8. The van der Waals surface area contributed by atoms with E-state index in [1.165, 1.54) is 32.2 Å². The van der Waals surface area contributed by atoms with Gasteiger partial charge in [-0.25, -0.2) is 4.98 Å². The number of amides is 1. The van der Waals surface area contributed by atoms with Crippen molar-refractivity contribution in [2.75, 3.05) is 26.9 Å². The number of hydrogen-bond acceptors (Lipinski definition) is 8. The summed E-state index contributed by atoms with van der Waals surface area (Å²) in [4.78, 5) is 17.1. The molecule has 4 rings (SSSR count). The molecule has 9 nitrogen and oxygen atoms in total. The van der Waals surface area contributed by atoms with Crippen molar-refractivity contribution >= 4 is 23.1 Å². The summed E-state index contributed by atoms with van der Waals surface area (Å²) in [5.74, 6) is -0.330. The SMILES string of the molecule is COc1cc(C(=O)NCC(O)(c2cc3c(c(C4=CCC(Cl)C=C4)n2)OCC3(C)N)C(F)(F)F)ccc1OCC(C)O. The number of methoxy groups -OCH3 is 1. The number of pyridine rings is 1. The molecule has 4 unspecified atom stereocenters. The van der Waals surface area contributed by atoms with Crippen LogP contribution in [0.5, 0.6) is 17.2 Å². The van der Waals surface area contributed by atoms with E-state index in [0.29, 0.717) is 12.0 Å². The van der Waals surface area contributed by atoms with Crippen LogP contribution in [-0.4, -0.2) is 65.6 Å². The topological polar surface area (TPSA) is 136 Å². The van der Waals surface area contributed by atoms with Gasteiger partial charge < -0.3 is 35.5 Å². The normalized spacial score (nSPS) is 22.2. The zero-order valence-electron chi connectivity index (χ0n) is 22.6. The van der Waals surface area contributed by atoms with Gasteiger partial charge in [0.15, 0.2) is 17.2 Å². The maximum absolute atomic E-state index is 14.5. The van der Waals surface area contributed by atoms with Crippen LogP contribution < -0.4 is 25.3 Å². The molecular formula is C28H31ClF3N3O6. The summed E-state index contributed by atoms with van der Waals surface area (Å²) in [5.41, 5.74) is 1.59. The van der Waals surface area contributed by atoms with Gasteiger partial charge in [-0.1, -0.05) is 18.2 Å². The van der Waals surface area contributed by atoms with Gasteiger partial charge >= 0.3 is 6.18 Å². The van der Waals surface area contributed by atoms with E-state index >= 15 is 0 Å². The lowest BCUT2D eigenvalue weighted by atomic mass is 9.89. The number of aromatic nitrogens is 1. The number of rotatable bonds is 9. The predicted molar refractivity (Wildman–Crippen MR) is 145 cm³/mol. The Morgan fingerprint density at radius 3 is 2.68 bits per heavy atom. The fraction of sp³-hybridized carbons (Fsp3) is 0.429. The summed E-state index contributed by atoms with van der Waals surface area (Å²) in [6, 6.07) is 5.05. The molecule has 41 heavy (non-hydrogen) atoms. The second kappa shape index (κ2) is 11.5. The number of benzene rings is 1. The van der Waals surface area contributed by atoms with Crippen molar-refractivity contribution in [1.29, 1.82) is 0 Å². The van der Waals surface area contributed by atoms with Crippen molar-refractivity contribution in [2.45, 2.75) is 49.1 Å². The van der Waals surface area contributed by atoms with Gasteiger partial charge in [-0.15, -0.1) is 11.6 Å². The molecular weight excluding hydrogens is 567 g/mol. The Balaban J connectivity index is 1.68. The third-order valence-corrected chi connectivity index (χ3v) is 7.05. The number of aliphatic hydroxyl groups excluding tert-OH is 1. The number of carbonyl (C=O) groups excluding carboxylic acids is 1. The summed E-state index contributed by atoms with van der Waals surface area (Å²) in [7, 11) is 1.32. The van der Waals surface area contributed by atoms with Gasteiger partial charge in [-0.3, -0.25) is 4.79 Å². The molecule has 1 aliphatic carbocycles. The Kier molecular flexibility index (Phi) is 8.60. The number of allylic oxidation sites excluding steroid dienone is 4. The average Bonchev–Trinajstić information content (AvgIpc) is 3.23. The van der Waals surface area contributed by atoms with E-state index in [2.05, 4.69) is 10.3 Å². The van der Waals surface area contributed by atoms with E-state index < -0.39 is 41.6 Å². The zero-order chi connectivity index (χ0) is 30.2. The number of fused-ring (bicyclic) bond motifs is 1. The molecule has 1 aromatic carbocycles. The van der Waals surface area contributed by atoms with Crippen molar-refractivity contribution < 1.29 is 42.4 Å². The van der Waals surface area contributed by atoms with Crippen molar-refractivity contribution in [3.8, 4) is 17.2 Å². The molecule has 0 fully saturated rings. The lowest BCUT2D eigenvalue weighted by Gasteiger charge is -2.31. The Hall–Kier alpha value is -3.32. The first-order chi connectivity index (χ1) is 19.2. The number of halogens is 4. The Morgan fingerprint density at radius 2 is 2.07 bits per heavy atom. The first kappa shape index (κ1) is 30.6. The zero-order valence-corrected chi connectivity index (χ0v) is 23.3. The monoisotopic (exact) mass is 597 g/mol. The van der Waals surface area contributed by atoms with Gasteiger partial charge in [-0.2, -0.15) is 13.2 Å². The van der Waals surface area contributed by atoms with Crippen LogP contribution in [0.15, 0.2) is 42.5 Å². The number of nitrogens with two attached hydrogens (primary N) is 1. The van der Waals surface area contributed by atoms with Crippen molar-refractivity contribution in [2.24, 2.45) is 5.73 Å². The quantitative estimate of drug-likeness (QED) is 0.322. The number of nitrogens with one attached hydrogen (secondary N) is 1. The van der Waals surface area contributed by atoms with Crippen LogP contribution in [0.3, 0.4) is 0 Å². The largest absolute Gasteiger partial charge is 0.493 e. The van der Waals surface area contributed by atoms with Gasteiger partial charge in [0.05, 0.1) is 36.4 Å². The highest BCUT2D eigenvalue weighted by Gasteiger charge is 2.57. The fourth-order valence-corrected chi connectivity index (χ4v) is 4.53. The highest BCUT2D eigenvalue weighted by atomic mass is 35.5. The van der Waals surface area contributed by atoms with Crippen molar-refractivity contribution in [3.05, 3.63) is 65.0 Å². The fourth-order valence-electron chi connectivity index (χ4n) is 4.37. The first-order valence-corrected chi connectivity index (χ1v) is 13.2. The van der Waals surface area contributed by atoms with E-state index in [0.717, 1.165) is 6.07 Å². The van der Waals surface area contributed by atoms with Crippen LogP contribution in [0.4, 0.5) is 13.2 Å². The molecule has 0 saturated heterocycles. The minimum atomic E-state index is -5.24. The maximum Gasteiger partial charge on any atom is 0.424 e. The van der Waals surface area contributed by atoms with Crippen molar-refractivity contribution in [1.82, 2.24) is 10.3 Å². The van der Waals surface area contributed by atoms with Gasteiger partial charge in [0.25, 0.3) is 5.91 Å². The molecule has 2 heterocycles. The van der Waals surface area contributed by atoms with Crippen LogP contribution >= 0.6 is 11.6 Å². The highest BCUT2D eigenvalue weighted by molar-refractivity contribution is 6.22. The predicted octanol–water partition coefficient (Wildman–Crippen LogP) is 3.55. The highest BCUT2D eigenvalue weighted by Crippen LogP contribution is 2.45. The van der Waals surface area contributed by atoms with Crippen LogP contribution in [0.2, 0.25) is 0 Å². The Bertz CT molecular complexity index is 1380. The van der Waals surface area contributed by atoms with Crippen molar-refractivity contribution in [3.63, 3.8) is 0 Å². The smallest absolute Gasteiger partial charge is 0.424 e. The lowest BCUT2D eigenvalue weighted by Crippen LogP contribution is -2.51. The molecule has 2 aliphatic rings. The van der Waals surface area contributed by atoms with Gasteiger partial charge in [0, 0.05) is 11.1 Å². The molecule has 2 aromatic rings. The number of nitrogens with zero attached hydrogens (tertiary/aromatic N) is 1. The number of aliphatic hydroxyl groups is 2. The standard InChI is InChI=1S/C28H31ClF3N3O6/c1-15(36)12-40-20-9-6-17(10-21(20)39-3)25(37)34-13-27(38,28(30,31)32)22-11-19-24(41-14-26(19,2)33)23(35-22)16-4-7-18(29)8-5-16/h4-7,9-11,15,18,36,38H,8,12-14,33H2,1-3H3,(H,34,37). The summed E-state index contributed by atoms with van der Waals surface area (Å²) in [5, 5.41) is 22.5. The van der Waals surface area contributed by atoms with E-state index in [1.54, 1.807) is 25.2 Å². The summed E-state index contributed by atoms with van der Waals surface area (Å²) in [6.45, 7) is 1.83. The Labute approximate surface area is 239 Å². The molecule has 5 N–H and O–H groups in total. The Morgan fingerprint density at radius 1 is 1.34 bits per heavy atom. The maximum atomic E-state index is 14.5. The lowest BCUT2D eigenvalue weighted by molar-refractivity contribution is -0.265. The van der Waals surface area contributed by atoms with Gasteiger partial charge in [0.1, 0.15) is 18.9 Å². The summed E-state index contributed by atoms with van der Waals surface area (Å²) < 4.78 is 59.9. The minimum absolute atomic E-state index is 0.00443. The molecule has 1 aliphatic heterocycles. The molecule has 0 bridgehead atoms. The van der Waals surface area contributed by atoms with Crippen LogP contribution in [0.1, 0.15) is 47.6 Å². The molecule has 1 aromatic heterocycles. The molecule has 1 amide bonds. The third kappa shape index (κ3) is 6.30.